The molecule has 0 amide bonds. The quantitative estimate of drug-likeness (QED) is 0.288. The van der Waals surface area contributed by atoms with Gasteiger partial charge in [-0.2, -0.15) is 5.26 Å². The van der Waals surface area contributed by atoms with Crippen molar-refractivity contribution in [3.63, 3.8) is 0 Å². The number of aliphatic hydroxyl groups is 2. The number of nitriles is 1. The van der Waals surface area contributed by atoms with Gasteiger partial charge in [-0.25, -0.2) is 0 Å². The number of hydrogen-bond donors (Lipinski definition) is 3. The van der Waals surface area contributed by atoms with Crippen molar-refractivity contribution in [2.75, 3.05) is 5.73 Å². The van der Waals surface area contributed by atoms with Crippen molar-refractivity contribution in [3.05, 3.63) is 33.9 Å². The van der Waals surface area contributed by atoms with E-state index in [1.807, 2.05) is 0 Å². The Kier molecular flexibility index (Phi) is 3.40. The third kappa shape index (κ3) is 2.25. The van der Waals surface area contributed by atoms with Gasteiger partial charge < -0.3 is 15.9 Å². The van der Waals surface area contributed by atoms with Crippen molar-refractivity contribution in [2.24, 2.45) is 0 Å². The Hall–Kier alpha value is -2.17. The van der Waals surface area contributed by atoms with E-state index >= 15 is 0 Å². The molecule has 0 fully saturated rings. The molecule has 1 rings (SSSR count). The molecule has 0 saturated heterocycles. The second kappa shape index (κ2) is 4.57. The fourth-order valence-electron chi connectivity index (χ4n) is 1.16. The first-order valence-electron chi connectivity index (χ1n) is 4.27. The molecular formula is C9H9N3O4. The summed E-state index contributed by atoms with van der Waals surface area (Å²) in [5.74, 6) is 0. The molecule has 4 N–H and O–H groups in total. The zero-order chi connectivity index (χ0) is 12.3. The van der Waals surface area contributed by atoms with E-state index in [1.165, 1.54) is 18.2 Å². The third-order valence-corrected chi connectivity index (χ3v) is 2.02. The topological polar surface area (TPSA) is 133 Å². The van der Waals surface area contributed by atoms with E-state index < -0.39 is 17.1 Å². The van der Waals surface area contributed by atoms with E-state index in [0.717, 1.165) is 6.07 Å². The second-order valence-corrected chi connectivity index (χ2v) is 3.09. The maximum absolute atomic E-state index is 10.6. The highest BCUT2D eigenvalue weighted by Crippen LogP contribution is 2.26. The van der Waals surface area contributed by atoms with Crippen molar-refractivity contribution in [3.8, 4) is 6.07 Å². The van der Waals surface area contributed by atoms with Gasteiger partial charge in [-0.1, -0.05) is 6.07 Å². The van der Waals surface area contributed by atoms with Crippen LogP contribution in [0.2, 0.25) is 0 Å². The largest absolute Gasteiger partial charge is 0.393 e. The summed E-state index contributed by atoms with van der Waals surface area (Å²) < 4.78 is 0. The normalized spacial score (nSPS) is 13.8. The Labute approximate surface area is 90.5 Å². The van der Waals surface area contributed by atoms with E-state index in [-0.39, 0.29) is 16.9 Å². The summed E-state index contributed by atoms with van der Waals surface area (Å²) in [7, 11) is 0. The van der Waals surface area contributed by atoms with E-state index in [2.05, 4.69) is 0 Å². The summed E-state index contributed by atoms with van der Waals surface area (Å²) in [5.41, 5.74) is 4.99. The summed E-state index contributed by atoms with van der Waals surface area (Å²) in [6.07, 6.45) is -3.13. The Morgan fingerprint density at radius 1 is 1.50 bits per heavy atom. The fourth-order valence-corrected chi connectivity index (χ4v) is 1.16. The summed E-state index contributed by atoms with van der Waals surface area (Å²) >= 11 is 0. The van der Waals surface area contributed by atoms with Gasteiger partial charge in [0, 0.05) is 6.07 Å². The molecule has 0 aliphatic rings. The van der Waals surface area contributed by atoms with Crippen LogP contribution in [0, 0.1) is 21.4 Å². The molecule has 2 unspecified atom stereocenters. The number of aliphatic hydroxyl groups excluding tert-OH is 2. The number of nitrogen functional groups attached to an aromatic ring is 1. The summed E-state index contributed by atoms with van der Waals surface area (Å²) in [4.78, 5) is 9.85. The van der Waals surface area contributed by atoms with Gasteiger partial charge in [-0.15, -0.1) is 0 Å². The highest BCUT2D eigenvalue weighted by Gasteiger charge is 2.21. The SMILES string of the molecule is N#CC(O)C(O)c1ccc(N)c([N+](=O)[O-])c1. The number of nitrogens with two attached hydrogens (primary N) is 1. The molecule has 7 heteroatoms. The molecule has 0 heterocycles. The maximum atomic E-state index is 10.6. The first-order chi connectivity index (χ1) is 7.47. The molecule has 2 atom stereocenters. The number of anilines is 1. The van der Waals surface area contributed by atoms with Crippen LogP contribution in [-0.2, 0) is 0 Å². The number of nitro groups is 1. The average molecular weight is 223 g/mol. The zero-order valence-corrected chi connectivity index (χ0v) is 8.07. The van der Waals surface area contributed by atoms with E-state index in [0.29, 0.717) is 0 Å². The molecule has 0 aromatic heterocycles. The predicted octanol–water partition coefficient (Wildman–Crippen LogP) is 0.0949. The minimum absolute atomic E-state index is 0.0487. The van der Waals surface area contributed by atoms with Crippen LogP contribution in [0.5, 0.6) is 0 Å². The molecule has 84 valence electrons. The first-order valence-corrected chi connectivity index (χ1v) is 4.27. The van der Waals surface area contributed by atoms with Crippen LogP contribution in [0.4, 0.5) is 11.4 Å². The molecule has 1 aromatic rings. The van der Waals surface area contributed by atoms with Crippen LogP contribution in [0.15, 0.2) is 18.2 Å². The first kappa shape index (κ1) is 11.9. The molecule has 0 spiro atoms. The maximum Gasteiger partial charge on any atom is 0.292 e. The van der Waals surface area contributed by atoms with Crippen LogP contribution in [0.3, 0.4) is 0 Å². The molecule has 0 aliphatic heterocycles. The summed E-state index contributed by atoms with van der Waals surface area (Å²) in [6.45, 7) is 0. The van der Waals surface area contributed by atoms with Gasteiger partial charge in [0.15, 0.2) is 6.10 Å². The lowest BCUT2D eigenvalue weighted by Crippen LogP contribution is -2.16. The van der Waals surface area contributed by atoms with Crippen LogP contribution < -0.4 is 5.73 Å². The predicted molar refractivity (Wildman–Crippen MR) is 54.1 cm³/mol. The van der Waals surface area contributed by atoms with Gasteiger partial charge in [-0.05, 0) is 11.6 Å². The lowest BCUT2D eigenvalue weighted by Gasteiger charge is -2.11. The second-order valence-electron chi connectivity index (χ2n) is 3.09. The molecule has 7 nitrogen and oxygen atoms in total. The summed E-state index contributed by atoms with van der Waals surface area (Å²) in [5, 5.41) is 37.5. The molecule has 1 aromatic carbocycles. The lowest BCUT2D eigenvalue weighted by molar-refractivity contribution is -0.384. The van der Waals surface area contributed by atoms with E-state index in [4.69, 9.17) is 16.1 Å². The Morgan fingerprint density at radius 2 is 2.12 bits per heavy atom. The van der Waals surface area contributed by atoms with Gasteiger partial charge in [0.2, 0.25) is 0 Å². The van der Waals surface area contributed by atoms with Crippen molar-refractivity contribution >= 4 is 11.4 Å². The number of nitrogens with zero attached hydrogens (tertiary/aromatic N) is 2. The number of rotatable bonds is 3. The smallest absolute Gasteiger partial charge is 0.292 e. The lowest BCUT2D eigenvalue weighted by atomic mass is 10.0. The van der Waals surface area contributed by atoms with E-state index in [1.54, 1.807) is 0 Å². The number of benzene rings is 1. The molecule has 0 saturated carbocycles. The zero-order valence-electron chi connectivity index (χ0n) is 8.07. The van der Waals surface area contributed by atoms with Crippen LogP contribution in [0.25, 0.3) is 0 Å². The standard InChI is InChI=1S/C9H9N3O4/c10-4-8(13)9(14)5-1-2-6(11)7(3-5)12(15)16/h1-3,8-9,13-14H,11H2. The van der Waals surface area contributed by atoms with Crippen LogP contribution in [-0.4, -0.2) is 21.2 Å². The average Bonchev–Trinajstić information content (AvgIpc) is 2.27. The van der Waals surface area contributed by atoms with Gasteiger partial charge >= 0.3 is 0 Å². The number of nitro benzene ring substituents is 1. The highest BCUT2D eigenvalue weighted by molar-refractivity contribution is 5.59. The van der Waals surface area contributed by atoms with E-state index in [9.17, 15) is 15.2 Å². The van der Waals surface area contributed by atoms with Crippen molar-refractivity contribution < 1.29 is 15.1 Å². The Morgan fingerprint density at radius 3 is 2.62 bits per heavy atom. The molecule has 0 radical (unpaired) electrons. The van der Waals surface area contributed by atoms with Crippen LogP contribution >= 0.6 is 0 Å². The van der Waals surface area contributed by atoms with Crippen molar-refractivity contribution in [1.29, 1.82) is 5.26 Å². The van der Waals surface area contributed by atoms with Gasteiger partial charge in [0.1, 0.15) is 11.8 Å². The van der Waals surface area contributed by atoms with Crippen molar-refractivity contribution in [2.45, 2.75) is 12.2 Å². The van der Waals surface area contributed by atoms with Gasteiger partial charge in [0.25, 0.3) is 5.69 Å². The Bertz CT molecular complexity index is 455. The minimum atomic E-state index is -1.64. The summed E-state index contributed by atoms with van der Waals surface area (Å²) in [6, 6.07) is 5.01. The van der Waals surface area contributed by atoms with Gasteiger partial charge in [0.05, 0.1) is 11.0 Å². The minimum Gasteiger partial charge on any atom is -0.393 e. The van der Waals surface area contributed by atoms with Crippen LogP contribution in [0.1, 0.15) is 11.7 Å². The van der Waals surface area contributed by atoms with Gasteiger partial charge in [-0.3, -0.25) is 10.1 Å². The highest BCUT2D eigenvalue weighted by atomic mass is 16.6. The molecular weight excluding hydrogens is 214 g/mol. The molecule has 0 bridgehead atoms. The molecule has 16 heavy (non-hydrogen) atoms. The Balaban J connectivity index is 3.13. The monoisotopic (exact) mass is 223 g/mol. The van der Waals surface area contributed by atoms with Crippen molar-refractivity contribution in [1.82, 2.24) is 0 Å². The number of hydrogen-bond acceptors (Lipinski definition) is 6. The third-order valence-electron chi connectivity index (χ3n) is 2.02. The fraction of sp³-hybridized carbons (Fsp3) is 0.222. The molecule has 0 aliphatic carbocycles.